The number of carbonyl (C=O) groups is 4. The molecule has 128 heavy (non-hydrogen) atoms. The zero-order chi connectivity index (χ0) is 90.3. The van der Waals surface area contributed by atoms with E-state index in [2.05, 4.69) is 313 Å². The van der Waals surface area contributed by atoms with Crippen molar-refractivity contribution in [2.75, 3.05) is 37.1 Å². The molecule has 16 rings (SSSR count). The van der Waals surface area contributed by atoms with Crippen LogP contribution in [0.5, 0.6) is 11.5 Å². The second-order valence-electron chi connectivity index (χ2n) is 38.4. The van der Waals surface area contributed by atoms with Crippen LogP contribution >= 0.6 is 0 Å². The Morgan fingerprint density at radius 2 is 0.492 bits per heavy atom. The van der Waals surface area contributed by atoms with Gasteiger partial charge in [0.15, 0.2) is 0 Å². The average molecular weight is 1700 g/mol. The number of hydrogen-bond donors (Lipinski definition) is 0. The van der Waals surface area contributed by atoms with Crippen molar-refractivity contribution in [3.63, 3.8) is 0 Å². The van der Waals surface area contributed by atoms with Gasteiger partial charge in [0.2, 0.25) is 0 Å². The Bertz CT molecular complexity index is 5600. The molecule has 0 spiro atoms. The fraction of sp³-hybridized carbons (Fsp3) is 0.276. The predicted molar refractivity (Wildman–Crippen MR) is 527 cm³/mol. The molecule has 4 aliphatic heterocycles. The van der Waals surface area contributed by atoms with E-state index in [0.29, 0.717) is 45.1 Å². The van der Waals surface area contributed by atoms with Crippen LogP contribution in [0, 0.1) is 0 Å². The van der Waals surface area contributed by atoms with Crippen molar-refractivity contribution in [3.05, 3.63) is 381 Å². The Morgan fingerprint density at radius 3 is 0.758 bits per heavy atom. The second-order valence-corrected chi connectivity index (χ2v) is 38.4. The van der Waals surface area contributed by atoms with Gasteiger partial charge in [-0.1, -0.05) is 342 Å². The lowest BCUT2D eigenvalue weighted by Crippen LogP contribution is -2.30. The lowest BCUT2D eigenvalue weighted by Gasteiger charge is -2.30. The standard InChI is InChI=1S/C72H74N4O2.C44H48N2O4/c1-69(2,3)53-41-49(42-54(45-53)70(4,5)6)47-73-65(51-33-37-61(38-34-51)75(57-25-17-13-18-26-57)58-27-19-14-20-28-58)63-64(67(73)77)66(74(68(63)78)48-50-43-55(71(7,8)9)46-56(44-50)72(10,11)12)52-35-39-62(40-36-52)76(59-29-21-15-22-30-59)60-31-23-16-24-32-60;1-5-7-9-11-29-49-37-25-21-33(22-26-37)31-13-17-35(18-14-31)41-39-40(44(48)45(41)3)42(46(4)43(39)47)36-19-15-32(16-20-36)34-23-27-38(28-24-34)50-30-12-10-8-6-2/h13-46H,47-48H2,1-12H3;13-28H,5-12,29-30H2,1-4H3. The number of carbonyl (C=O) groups excluding carboxylic acids is 4. The monoisotopic (exact) mass is 1690 g/mol. The number of benzene rings is 12. The van der Waals surface area contributed by atoms with Crippen molar-refractivity contribution in [1.82, 2.24) is 19.6 Å². The third-order valence-corrected chi connectivity index (χ3v) is 24.8. The molecule has 0 radical (unpaired) electrons. The van der Waals surface area contributed by atoms with Crippen molar-refractivity contribution < 1.29 is 28.7 Å². The molecule has 0 N–H and O–H groups in total. The molecule has 0 atom stereocenters. The first-order valence-corrected chi connectivity index (χ1v) is 45.6. The van der Waals surface area contributed by atoms with E-state index in [1.807, 2.05) is 107 Å². The first kappa shape index (κ1) is 89.5. The highest BCUT2D eigenvalue weighted by Crippen LogP contribution is 2.51. The number of hydrogen-bond acceptors (Lipinski definition) is 8. The van der Waals surface area contributed by atoms with Crippen LogP contribution in [0.15, 0.2) is 326 Å². The maximum Gasteiger partial charge on any atom is 0.261 e. The molecule has 4 amide bonds. The van der Waals surface area contributed by atoms with Gasteiger partial charge in [-0.2, -0.15) is 0 Å². The number of anilines is 6. The first-order chi connectivity index (χ1) is 61.4. The van der Waals surface area contributed by atoms with Crippen LogP contribution in [0.25, 0.3) is 45.0 Å². The number of rotatable bonds is 28. The smallest absolute Gasteiger partial charge is 0.261 e. The van der Waals surface area contributed by atoms with Crippen molar-refractivity contribution in [2.24, 2.45) is 0 Å². The van der Waals surface area contributed by atoms with E-state index < -0.39 is 0 Å². The second kappa shape index (κ2) is 38.1. The molecule has 0 aromatic heterocycles. The topological polar surface area (TPSA) is 106 Å². The maximum atomic E-state index is 16.2. The molecule has 0 bridgehead atoms. The van der Waals surface area contributed by atoms with Crippen molar-refractivity contribution in [2.45, 2.75) is 183 Å². The number of para-hydroxylation sites is 4. The van der Waals surface area contributed by atoms with Crippen molar-refractivity contribution in [1.29, 1.82) is 0 Å². The third kappa shape index (κ3) is 19.5. The highest BCUT2D eigenvalue weighted by molar-refractivity contribution is 6.31. The van der Waals surface area contributed by atoms with Crippen LogP contribution in [0.4, 0.5) is 34.1 Å². The lowest BCUT2D eigenvalue weighted by atomic mass is 9.79. The SMILES string of the molecule is CC(C)(C)c1cc(CN2C(=O)C3=C(c4ccc(N(c5ccccc5)c5ccccc5)cc4)N(Cc4cc(C(C)(C)C)cc(C(C)(C)C)c4)C(=O)C3=C2c2ccc(N(c3ccccc3)c3ccccc3)cc2)cc(C(C)(C)C)c1.CCCCCCOc1ccc(-c2ccc(C3=C4C(=O)N(C)C(c5ccc(-c6ccc(OCCCCCC)cc6)cc5)=C4C(=O)N3C)cc2)cc1. The Kier molecular flexibility index (Phi) is 26.6. The van der Waals surface area contributed by atoms with Crippen molar-refractivity contribution in [3.8, 4) is 33.8 Å². The van der Waals surface area contributed by atoms with Gasteiger partial charge in [-0.15, -0.1) is 0 Å². The number of ether oxygens (including phenoxy) is 2. The highest BCUT2D eigenvalue weighted by Gasteiger charge is 2.50. The zero-order valence-corrected chi connectivity index (χ0v) is 77.5. The molecule has 0 aliphatic carbocycles. The predicted octanol–water partition coefficient (Wildman–Crippen LogP) is 28.0. The Balaban J connectivity index is 0.000000217. The number of fused-ring (bicyclic) bond motifs is 2. The minimum atomic E-state index is -0.193. The van der Waals surface area contributed by atoms with Crippen LogP contribution < -0.4 is 19.3 Å². The van der Waals surface area contributed by atoms with E-state index in [9.17, 15) is 9.59 Å². The fourth-order valence-corrected chi connectivity index (χ4v) is 17.5. The van der Waals surface area contributed by atoms with E-state index in [1.54, 1.807) is 23.9 Å². The summed E-state index contributed by atoms with van der Waals surface area (Å²) in [5, 5.41) is 0. The molecule has 652 valence electrons. The Labute approximate surface area is 759 Å². The van der Waals surface area contributed by atoms with Crippen molar-refractivity contribution >= 4 is 80.5 Å². The normalized spacial score (nSPS) is 14.2. The van der Waals surface area contributed by atoms with E-state index >= 15 is 9.59 Å². The molecule has 0 saturated heterocycles. The summed E-state index contributed by atoms with van der Waals surface area (Å²) in [6.45, 7) is 33.3. The quantitative estimate of drug-likeness (QED) is 0.0447. The van der Waals surface area contributed by atoms with Gasteiger partial charge in [0.25, 0.3) is 23.6 Å². The van der Waals surface area contributed by atoms with Gasteiger partial charge in [-0.25, -0.2) is 0 Å². The fourth-order valence-electron chi connectivity index (χ4n) is 17.5. The first-order valence-electron chi connectivity index (χ1n) is 45.6. The Hall–Kier alpha value is -13.3. The summed E-state index contributed by atoms with van der Waals surface area (Å²) >= 11 is 0. The molecule has 0 saturated carbocycles. The van der Waals surface area contributed by atoms with Crippen LogP contribution in [0.2, 0.25) is 0 Å². The lowest BCUT2D eigenvalue weighted by molar-refractivity contribution is -0.124. The minimum Gasteiger partial charge on any atom is -0.494 e. The van der Waals surface area contributed by atoms with Gasteiger partial charge in [-0.3, -0.25) is 19.2 Å². The summed E-state index contributed by atoms with van der Waals surface area (Å²) in [5.41, 5.74) is 24.0. The summed E-state index contributed by atoms with van der Waals surface area (Å²) in [6.07, 6.45) is 9.43. The van der Waals surface area contributed by atoms with E-state index in [0.717, 1.165) is 127 Å². The molecule has 4 aliphatic rings. The van der Waals surface area contributed by atoms with Gasteiger partial charge in [0.1, 0.15) is 11.5 Å². The molecular formula is C116H122N6O6. The molecule has 12 aromatic carbocycles. The number of unbranched alkanes of at least 4 members (excludes halogenated alkanes) is 6. The molecule has 12 nitrogen and oxygen atoms in total. The Morgan fingerprint density at radius 1 is 0.258 bits per heavy atom. The molecule has 0 fully saturated rings. The van der Waals surface area contributed by atoms with Gasteiger partial charge in [0, 0.05) is 48.2 Å². The summed E-state index contributed by atoms with van der Waals surface area (Å²) in [5.74, 6) is 1.02. The van der Waals surface area contributed by atoms with Gasteiger partial charge < -0.3 is 38.9 Å². The van der Waals surface area contributed by atoms with Crippen LogP contribution in [-0.4, -0.2) is 70.5 Å². The largest absolute Gasteiger partial charge is 0.494 e. The van der Waals surface area contributed by atoms with Gasteiger partial charge >= 0.3 is 0 Å². The molecule has 12 aromatic rings. The summed E-state index contributed by atoms with van der Waals surface area (Å²) in [4.78, 5) is 71.3. The van der Waals surface area contributed by atoms with E-state index in [-0.39, 0.29) is 58.4 Å². The summed E-state index contributed by atoms with van der Waals surface area (Å²) in [6, 6.07) is 104. The number of nitrogens with zero attached hydrogens (tertiary/aromatic N) is 6. The zero-order valence-electron chi connectivity index (χ0n) is 77.5. The molecule has 12 heteroatoms. The number of likely N-dealkylation sites (N-methyl/N-ethyl adjacent to an activating group) is 2. The van der Waals surface area contributed by atoms with Crippen LogP contribution in [-0.2, 0) is 53.9 Å². The van der Waals surface area contributed by atoms with Crippen LogP contribution in [0.1, 0.15) is 204 Å². The summed E-state index contributed by atoms with van der Waals surface area (Å²) < 4.78 is 11.8. The van der Waals surface area contributed by atoms with E-state index in [1.165, 1.54) is 60.8 Å². The average Bonchev–Trinajstić information content (AvgIpc) is 1.56. The molecule has 4 heterocycles. The maximum absolute atomic E-state index is 16.2. The van der Waals surface area contributed by atoms with Crippen LogP contribution in [0.3, 0.4) is 0 Å². The summed E-state index contributed by atoms with van der Waals surface area (Å²) in [7, 11) is 3.49. The van der Waals surface area contributed by atoms with Gasteiger partial charge in [0.05, 0.1) is 71.4 Å². The molecular weight excluding hydrogens is 1570 g/mol. The third-order valence-electron chi connectivity index (χ3n) is 24.8. The van der Waals surface area contributed by atoms with E-state index in [4.69, 9.17) is 9.47 Å². The minimum absolute atomic E-state index is 0.145. The van der Waals surface area contributed by atoms with Gasteiger partial charge in [-0.05, 0) is 209 Å². The number of amides is 4. The highest BCUT2D eigenvalue weighted by atomic mass is 16.5. The molecule has 0 unspecified atom stereocenters.